The van der Waals surface area contributed by atoms with Crippen LogP contribution in [0, 0.1) is 5.92 Å². The third kappa shape index (κ3) is 1.89. The number of hydrogen-bond donors (Lipinski definition) is 1. The lowest BCUT2D eigenvalue weighted by molar-refractivity contribution is 0.558. The third-order valence-electron chi connectivity index (χ3n) is 4.59. The molecule has 6 heteroatoms. The summed E-state index contributed by atoms with van der Waals surface area (Å²) in [7, 11) is 0. The van der Waals surface area contributed by atoms with Crippen molar-refractivity contribution < 1.29 is 0 Å². The second kappa shape index (κ2) is 4.52. The second-order valence-corrected chi connectivity index (χ2v) is 6.90. The molecule has 1 saturated carbocycles. The van der Waals surface area contributed by atoms with Crippen molar-refractivity contribution in [2.24, 2.45) is 5.92 Å². The van der Waals surface area contributed by atoms with E-state index in [1.807, 2.05) is 4.52 Å². The largest absolute Gasteiger partial charge is 0.316 e. The van der Waals surface area contributed by atoms with Gasteiger partial charge in [0.15, 0.2) is 5.82 Å². The Morgan fingerprint density at radius 3 is 2.79 bits per heavy atom. The molecule has 2 aromatic rings. The summed E-state index contributed by atoms with van der Waals surface area (Å²) in [6.07, 6.45) is 5.13. The highest BCUT2D eigenvalue weighted by atomic mass is 32.1. The van der Waals surface area contributed by atoms with Gasteiger partial charge in [-0.15, -0.1) is 10.2 Å². The molecule has 1 N–H and O–H groups in total. The van der Waals surface area contributed by atoms with Crippen molar-refractivity contribution in [2.75, 3.05) is 13.1 Å². The van der Waals surface area contributed by atoms with Gasteiger partial charge in [0, 0.05) is 18.4 Å². The van der Waals surface area contributed by atoms with Crippen molar-refractivity contribution in [1.29, 1.82) is 0 Å². The van der Waals surface area contributed by atoms with E-state index >= 15 is 0 Å². The zero-order chi connectivity index (χ0) is 12.8. The van der Waals surface area contributed by atoms with Crippen molar-refractivity contribution >= 4 is 16.3 Å². The summed E-state index contributed by atoms with van der Waals surface area (Å²) in [6, 6.07) is 0. The monoisotopic (exact) mass is 277 g/mol. The fraction of sp³-hybridized carbons (Fsp3) is 0.769. The molecular formula is C13H19N5S. The molecule has 1 aliphatic heterocycles. The predicted molar refractivity (Wildman–Crippen MR) is 74.6 cm³/mol. The zero-order valence-electron chi connectivity index (χ0n) is 11.2. The van der Waals surface area contributed by atoms with Crippen LogP contribution in [0.4, 0.5) is 0 Å². The van der Waals surface area contributed by atoms with E-state index < -0.39 is 0 Å². The number of nitrogens with one attached hydrogen (secondary N) is 1. The van der Waals surface area contributed by atoms with Gasteiger partial charge in [0.05, 0.1) is 0 Å². The molecule has 4 rings (SSSR count). The van der Waals surface area contributed by atoms with E-state index in [0.29, 0.717) is 17.8 Å². The summed E-state index contributed by atoms with van der Waals surface area (Å²) in [6.45, 7) is 4.44. The first-order chi connectivity index (χ1) is 9.33. The predicted octanol–water partition coefficient (Wildman–Crippen LogP) is 2.17. The maximum atomic E-state index is 4.82. The molecule has 0 bridgehead atoms. The molecule has 2 fully saturated rings. The highest BCUT2D eigenvalue weighted by molar-refractivity contribution is 7.16. The summed E-state index contributed by atoms with van der Waals surface area (Å²) in [4.78, 5) is 0.969. The van der Waals surface area contributed by atoms with Crippen LogP contribution in [-0.4, -0.2) is 32.9 Å². The van der Waals surface area contributed by atoms with Gasteiger partial charge in [-0.25, -0.2) is 0 Å². The highest BCUT2D eigenvalue weighted by Crippen LogP contribution is 2.35. The van der Waals surface area contributed by atoms with Gasteiger partial charge in [0.25, 0.3) is 0 Å². The topological polar surface area (TPSA) is 55.1 Å². The first-order valence-electron chi connectivity index (χ1n) is 7.25. The fourth-order valence-electron chi connectivity index (χ4n) is 3.38. The zero-order valence-corrected chi connectivity index (χ0v) is 12.0. The molecule has 102 valence electrons. The van der Waals surface area contributed by atoms with Gasteiger partial charge in [-0.2, -0.15) is 9.61 Å². The minimum absolute atomic E-state index is 0.545. The summed E-state index contributed by atoms with van der Waals surface area (Å²) in [5, 5.41) is 18.2. The van der Waals surface area contributed by atoms with Crippen molar-refractivity contribution in [3.05, 3.63) is 10.8 Å². The van der Waals surface area contributed by atoms with Gasteiger partial charge in [0.1, 0.15) is 5.01 Å². The van der Waals surface area contributed by atoms with Crippen LogP contribution >= 0.6 is 11.3 Å². The number of aromatic nitrogens is 4. The molecular weight excluding hydrogens is 258 g/mol. The fourth-order valence-corrected chi connectivity index (χ4v) is 4.45. The molecule has 2 unspecified atom stereocenters. The normalized spacial score (nSPS) is 28.7. The van der Waals surface area contributed by atoms with Crippen LogP contribution in [0.2, 0.25) is 0 Å². The third-order valence-corrected chi connectivity index (χ3v) is 5.62. The van der Waals surface area contributed by atoms with Crippen molar-refractivity contribution in [1.82, 2.24) is 25.1 Å². The lowest BCUT2D eigenvalue weighted by Gasteiger charge is -2.09. The van der Waals surface area contributed by atoms with Gasteiger partial charge in [-0.1, -0.05) is 31.1 Å². The van der Waals surface area contributed by atoms with Gasteiger partial charge >= 0.3 is 0 Å². The van der Waals surface area contributed by atoms with Crippen LogP contribution in [0.3, 0.4) is 0 Å². The smallest absolute Gasteiger partial charge is 0.234 e. The summed E-state index contributed by atoms with van der Waals surface area (Å²) in [5.74, 6) is 2.87. The van der Waals surface area contributed by atoms with Crippen molar-refractivity contribution in [3.63, 3.8) is 0 Å². The Hall–Kier alpha value is -1.01. The van der Waals surface area contributed by atoms with E-state index in [9.17, 15) is 0 Å². The van der Waals surface area contributed by atoms with Crippen LogP contribution in [-0.2, 0) is 0 Å². The van der Waals surface area contributed by atoms with Crippen LogP contribution < -0.4 is 5.32 Å². The Morgan fingerprint density at radius 2 is 2.05 bits per heavy atom. The quantitative estimate of drug-likeness (QED) is 0.914. The van der Waals surface area contributed by atoms with Crippen molar-refractivity contribution in [3.8, 4) is 0 Å². The standard InChI is InChI=1S/C13H19N5S/c1-8-6-14-7-10(8)12-17-18-11(9-4-2-3-5-9)15-16-13(18)19-12/h8-10,14H,2-7H2,1H3. The summed E-state index contributed by atoms with van der Waals surface area (Å²) in [5.41, 5.74) is 0. The lowest BCUT2D eigenvalue weighted by Crippen LogP contribution is -2.09. The molecule has 2 aromatic heterocycles. The summed E-state index contributed by atoms with van der Waals surface area (Å²) < 4.78 is 2.01. The molecule has 1 saturated heterocycles. The second-order valence-electron chi connectivity index (χ2n) is 5.92. The minimum Gasteiger partial charge on any atom is -0.316 e. The highest BCUT2D eigenvalue weighted by Gasteiger charge is 2.30. The van der Waals surface area contributed by atoms with E-state index in [4.69, 9.17) is 5.10 Å². The first kappa shape index (κ1) is 11.8. The number of hydrogen-bond acceptors (Lipinski definition) is 5. The molecule has 1 aliphatic carbocycles. The summed E-state index contributed by atoms with van der Waals surface area (Å²) >= 11 is 1.72. The number of nitrogens with zero attached hydrogens (tertiary/aromatic N) is 4. The molecule has 5 nitrogen and oxygen atoms in total. The molecule has 2 atom stereocenters. The van der Waals surface area contributed by atoms with Gasteiger partial charge in [-0.05, 0) is 25.3 Å². The average Bonchev–Trinajstić information content (AvgIpc) is 3.10. The van der Waals surface area contributed by atoms with E-state index in [-0.39, 0.29) is 0 Å². The van der Waals surface area contributed by atoms with Crippen molar-refractivity contribution in [2.45, 2.75) is 44.4 Å². The lowest BCUT2D eigenvalue weighted by atomic mass is 9.99. The Labute approximate surface area is 116 Å². The number of fused-ring (bicyclic) bond motifs is 1. The Bertz CT molecular complexity index is 583. The molecule has 0 amide bonds. The van der Waals surface area contributed by atoms with Crippen LogP contribution in [0.1, 0.15) is 55.3 Å². The molecule has 3 heterocycles. The first-order valence-corrected chi connectivity index (χ1v) is 8.07. The Balaban J connectivity index is 1.71. The Kier molecular flexibility index (Phi) is 2.81. The van der Waals surface area contributed by atoms with E-state index in [0.717, 1.165) is 23.9 Å². The molecule has 2 aliphatic rings. The van der Waals surface area contributed by atoms with E-state index in [2.05, 4.69) is 22.4 Å². The number of rotatable bonds is 2. The molecule has 0 aromatic carbocycles. The SMILES string of the molecule is CC1CNCC1c1nn2c(C3CCCC3)nnc2s1. The van der Waals surface area contributed by atoms with E-state index in [1.54, 1.807) is 11.3 Å². The van der Waals surface area contributed by atoms with Gasteiger partial charge in [0.2, 0.25) is 4.96 Å². The van der Waals surface area contributed by atoms with Gasteiger partial charge < -0.3 is 5.32 Å². The molecule has 0 spiro atoms. The molecule has 0 radical (unpaired) electrons. The maximum Gasteiger partial charge on any atom is 0.234 e. The average molecular weight is 277 g/mol. The Morgan fingerprint density at radius 1 is 1.21 bits per heavy atom. The van der Waals surface area contributed by atoms with Crippen LogP contribution in [0.25, 0.3) is 4.96 Å². The van der Waals surface area contributed by atoms with Crippen LogP contribution in [0.5, 0.6) is 0 Å². The maximum absolute atomic E-state index is 4.82. The minimum atomic E-state index is 0.545. The van der Waals surface area contributed by atoms with E-state index in [1.165, 1.54) is 30.7 Å². The van der Waals surface area contributed by atoms with Gasteiger partial charge in [-0.3, -0.25) is 0 Å². The molecule has 19 heavy (non-hydrogen) atoms. The van der Waals surface area contributed by atoms with Crippen LogP contribution in [0.15, 0.2) is 0 Å².